The zero-order chi connectivity index (χ0) is 18.6. The Kier molecular flexibility index (Phi) is 5.82. The van der Waals surface area contributed by atoms with E-state index >= 15 is 0 Å². The predicted octanol–water partition coefficient (Wildman–Crippen LogP) is 3.08. The van der Waals surface area contributed by atoms with E-state index in [4.69, 9.17) is 0 Å². The van der Waals surface area contributed by atoms with E-state index in [-0.39, 0.29) is 23.5 Å². The molecule has 2 aromatic carbocycles. The van der Waals surface area contributed by atoms with E-state index in [1.807, 2.05) is 19.0 Å². The van der Waals surface area contributed by atoms with Gasteiger partial charge in [-0.3, -0.25) is 14.9 Å². The molecule has 7 heteroatoms. The third-order valence-electron chi connectivity index (χ3n) is 3.99. The van der Waals surface area contributed by atoms with Crippen molar-refractivity contribution in [1.29, 1.82) is 0 Å². The molecule has 2 rings (SSSR count). The van der Waals surface area contributed by atoms with Crippen LogP contribution in [0.5, 0.6) is 0 Å². The lowest BCUT2D eigenvalue weighted by Gasteiger charge is -2.25. The van der Waals surface area contributed by atoms with Crippen LogP contribution in [0.4, 0.5) is 10.1 Å². The van der Waals surface area contributed by atoms with Gasteiger partial charge in [-0.1, -0.05) is 12.1 Å². The molecule has 1 unspecified atom stereocenters. The largest absolute Gasteiger partial charge is 0.350 e. The third-order valence-corrected chi connectivity index (χ3v) is 3.99. The van der Waals surface area contributed by atoms with Crippen molar-refractivity contribution in [2.45, 2.75) is 13.0 Å². The van der Waals surface area contributed by atoms with Gasteiger partial charge in [-0.05, 0) is 50.8 Å². The van der Waals surface area contributed by atoms with Gasteiger partial charge < -0.3 is 10.2 Å². The average Bonchev–Trinajstić information content (AvgIpc) is 2.55. The lowest BCUT2D eigenvalue weighted by atomic mass is 10.1. The predicted molar refractivity (Wildman–Crippen MR) is 93.0 cm³/mol. The molecule has 0 saturated carbocycles. The van der Waals surface area contributed by atoms with Crippen molar-refractivity contribution in [3.05, 3.63) is 75.1 Å². The molecule has 0 aliphatic rings. The molecule has 2 aromatic rings. The number of likely N-dealkylation sites (N-methyl/N-ethyl adjacent to an activating group) is 1. The number of nitro benzene ring substituents is 1. The fraction of sp³-hybridized carbons (Fsp3) is 0.278. The number of halogens is 1. The van der Waals surface area contributed by atoms with Gasteiger partial charge in [0.2, 0.25) is 0 Å². The number of hydrogen-bond donors (Lipinski definition) is 1. The SMILES string of the molecule is Cc1cc(C(=O)NCC(c2ccc(F)cc2)N(C)C)ccc1[N+](=O)[O-]. The number of nitrogens with zero attached hydrogens (tertiary/aromatic N) is 2. The molecule has 0 aliphatic heterocycles. The minimum absolute atomic E-state index is 0.0194. The van der Waals surface area contributed by atoms with Crippen molar-refractivity contribution in [2.75, 3.05) is 20.6 Å². The lowest BCUT2D eigenvalue weighted by Crippen LogP contribution is -2.34. The summed E-state index contributed by atoms with van der Waals surface area (Å²) in [6, 6.07) is 10.3. The highest BCUT2D eigenvalue weighted by Crippen LogP contribution is 2.20. The molecule has 25 heavy (non-hydrogen) atoms. The maximum absolute atomic E-state index is 13.1. The summed E-state index contributed by atoms with van der Waals surface area (Å²) in [4.78, 5) is 24.6. The van der Waals surface area contributed by atoms with Gasteiger partial charge in [-0.2, -0.15) is 0 Å². The van der Waals surface area contributed by atoms with Crippen molar-refractivity contribution in [3.63, 3.8) is 0 Å². The van der Waals surface area contributed by atoms with Crippen molar-refractivity contribution in [2.24, 2.45) is 0 Å². The van der Waals surface area contributed by atoms with Gasteiger partial charge in [0.15, 0.2) is 0 Å². The van der Waals surface area contributed by atoms with E-state index in [1.54, 1.807) is 19.1 Å². The van der Waals surface area contributed by atoms with E-state index < -0.39 is 4.92 Å². The minimum Gasteiger partial charge on any atom is -0.350 e. The number of carbonyl (C=O) groups excluding carboxylic acids is 1. The first kappa shape index (κ1) is 18.5. The van der Waals surface area contributed by atoms with Crippen LogP contribution in [0.2, 0.25) is 0 Å². The minimum atomic E-state index is -0.479. The van der Waals surface area contributed by atoms with Crippen LogP contribution in [0.1, 0.15) is 27.5 Å². The molecule has 0 spiro atoms. The van der Waals surface area contributed by atoms with Gasteiger partial charge in [0.1, 0.15) is 5.82 Å². The number of benzene rings is 2. The van der Waals surface area contributed by atoms with Gasteiger partial charge in [0, 0.05) is 23.7 Å². The summed E-state index contributed by atoms with van der Waals surface area (Å²) in [7, 11) is 3.74. The maximum atomic E-state index is 13.1. The number of aryl methyl sites for hydroxylation is 1. The smallest absolute Gasteiger partial charge is 0.272 e. The number of nitro groups is 1. The Hall–Kier alpha value is -2.80. The summed E-state index contributed by atoms with van der Waals surface area (Å²) in [6.07, 6.45) is 0. The highest BCUT2D eigenvalue weighted by atomic mass is 19.1. The Labute approximate surface area is 145 Å². The van der Waals surface area contributed by atoms with Crippen molar-refractivity contribution in [1.82, 2.24) is 10.2 Å². The number of hydrogen-bond acceptors (Lipinski definition) is 4. The number of rotatable bonds is 6. The summed E-state index contributed by atoms with van der Waals surface area (Å²) in [6.45, 7) is 1.92. The first-order chi connectivity index (χ1) is 11.8. The van der Waals surface area contributed by atoms with Crippen LogP contribution in [0.25, 0.3) is 0 Å². The molecular weight excluding hydrogens is 325 g/mol. The molecule has 0 aliphatic carbocycles. The molecule has 0 saturated heterocycles. The molecule has 1 amide bonds. The Morgan fingerprint density at radius 2 is 1.88 bits per heavy atom. The number of nitrogens with one attached hydrogen (secondary N) is 1. The van der Waals surface area contributed by atoms with Crippen LogP contribution in [0, 0.1) is 22.9 Å². The van der Waals surface area contributed by atoms with Gasteiger partial charge >= 0.3 is 0 Å². The zero-order valence-corrected chi connectivity index (χ0v) is 14.3. The van der Waals surface area contributed by atoms with E-state index in [9.17, 15) is 19.3 Å². The van der Waals surface area contributed by atoms with Crippen molar-refractivity contribution < 1.29 is 14.1 Å². The highest BCUT2D eigenvalue weighted by Gasteiger charge is 2.17. The number of amides is 1. The quantitative estimate of drug-likeness (QED) is 0.645. The normalized spacial score (nSPS) is 12.0. The van der Waals surface area contributed by atoms with E-state index in [0.717, 1.165) is 5.56 Å². The van der Waals surface area contributed by atoms with Crippen molar-refractivity contribution in [3.8, 4) is 0 Å². The van der Waals surface area contributed by atoms with E-state index in [2.05, 4.69) is 5.32 Å². The van der Waals surface area contributed by atoms with E-state index in [1.165, 1.54) is 30.3 Å². The summed E-state index contributed by atoms with van der Waals surface area (Å²) < 4.78 is 13.1. The lowest BCUT2D eigenvalue weighted by molar-refractivity contribution is -0.385. The molecule has 0 radical (unpaired) electrons. The molecule has 1 N–H and O–H groups in total. The summed E-state index contributed by atoms with van der Waals surface area (Å²) in [5.74, 6) is -0.626. The van der Waals surface area contributed by atoms with Crippen LogP contribution < -0.4 is 5.32 Å². The van der Waals surface area contributed by atoms with Gasteiger partial charge in [-0.25, -0.2) is 4.39 Å². The van der Waals surface area contributed by atoms with Crippen LogP contribution in [-0.2, 0) is 0 Å². The Morgan fingerprint density at radius 1 is 1.24 bits per heavy atom. The van der Waals surface area contributed by atoms with Crippen LogP contribution in [-0.4, -0.2) is 36.4 Å². The number of carbonyl (C=O) groups is 1. The Bertz CT molecular complexity index is 776. The first-order valence-electron chi connectivity index (χ1n) is 7.74. The highest BCUT2D eigenvalue weighted by molar-refractivity contribution is 5.94. The van der Waals surface area contributed by atoms with E-state index in [0.29, 0.717) is 17.7 Å². The topological polar surface area (TPSA) is 75.5 Å². The molecule has 6 nitrogen and oxygen atoms in total. The maximum Gasteiger partial charge on any atom is 0.272 e. The fourth-order valence-electron chi connectivity index (χ4n) is 2.58. The van der Waals surface area contributed by atoms with Gasteiger partial charge in [-0.15, -0.1) is 0 Å². The second kappa shape index (κ2) is 7.85. The summed E-state index contributed by atoms with van der Waals surface area (Å²) in [5, 5.41) is 13.7. The summed E-state index contributed by atoms with van der Waals surface area (Å²) >= 11 is 0. The molecule has 0 bridgehead atoms. The monoisotopic (exact) mass is 345 g/mol. The molecule has 1 atom stereocenters. The fourth-order valence-corrected chi connectivity index (χ4v) is 2.58. The first-order valence-corrected chi connectivity index (χ1v) is 7.74. The van der Waals surface area contributed by atoms with Crippen LogP contribution in [0.3, 0.4) is 0 Å². The molecular formula is C18H20FN3O3. The van der Waals surface area contributed by atoms with Gasteiger partial charge in [0.05, 0.1) is 11.0 Å². The van der Waals surface area contributed by atoms with Crippen molar-refractivity contribution >= 4 is 11.6 Å². The molecule has 132 valence electrons. The van der Waals surface area contributed by atoms with Crippen LogP contribution >= 0.6 is 0 Å². The average molecular weight is 345 g/mol. The second-order valence-corrected chi connectivity index (χ2v) is 6.00. The Morgan fingerprint density at radius 3 is 2.40 bits per heavy atom. The van der Waals surface area contributed by atoms with Crippen LogP contribution in [0.15, 0.2) is 42.5 Å². The molecule has 0 aromatic heterocycles. The van der Waals surface area contributed by atoms with Gasteiger partial charge in [0.25, 0.3) is 11.6 Å². The summed E-state index contributed by atoms with van der Waals surface area (Å²) in [5.41, 5.74) is 1.65. The standard InChI is InChI=1S/C18H20FN3O3/c1-12-10-14(6-9-16(12)22(24)25)18(23)20-11-17(21(2)3)13-4-7-15(19)8-5-13/h4-10,17H,11H2,1-3H3,(H,20,23). The zero-order valence-electron chi connectivity index (χ0n) is 14.3. The third kappa shape index (κ3) is 4.60. The molecule has 0 heterocycles. The molecule has 0 fully saturated rings. The second-order valence-electron chi connectivity index (χ2n) is 6.00. The Balaban J connectivity index is 2.10.